The van der Waals surface area contributed by atoms with Crippen molar-refractivity contribution in [3.63, 3.8) is 0 Å². The van der Waals surface area contributed by atoms with Gasteiger partial charge in [-0.15, -0.1) is 0 Å². The molecule has 0 bridgehead atoms. The summed E-state index contributed by atoms with van der Waals surface area (Å²) < 4.78 is 93.6. The summed E-state index contributed by atoms with van der Waals surface area (Å²) in [6.07, 6.45) is 3.26. The maximum atomic E-state index is 14.8. The van der Waals surface area contributed by atoms with Crippen LogP contribution in [0.2, 0.25) is 0 Å². The molecule has 0 saturated carbocycles. The molecule has 13 heteroatoms. The molecule has 1 fully saturated rings. The van der Waals surface area contributed by atoms with Gasteiger partial charge in [0.05, 0.1) is 11.5 Å². The van der Waals surface area contributed by atoms with Crippen molar-refractivity contribution in [3.05, 3.63) is 77.9 Å². The number of halogens is 2. The Balaban J connectivity index is 1.58. The van der Waals surface area contributed by atoms with Gasteiger partial charge in [0.15, 0.2) is 4.93 Å². The first-order valence-corrected chi connectivity index (χ1v) is 13.3. The lowest BCUT2D eigenvalue weighted by molar-refractivity contribution is 0.0642. The second kappa shape index (κ2) is 9.13. The molecular weight excluding hydrogens is 492 g/mol. The van der Waals surface area contributed by atoms with Gasteiger partial charge in [-0.3, -0.25) is 4.55 Å². The molecule has 1 aliphatic rings. The summed E-state index contributed by atoms with van der Waals surface area (Å²) in [5.41, 5.74) is 0.498. The summed E-state index contributed by atoms with van der Waals surface area (Å²) in [5, 5.41) is 3.81. The van der Waals surface area contributed by atoms with Crippen molar-refractivity contribution in [2.75, 3.05) is 6.61 Å². The fraction of sp³-hybridized carbons (Fsp3) is 0.333. The second-order valence-corrected chi connectivity index (χ2v) is 11.7. The number of nitrogens with zero attached hydrogens (tertiary/aromatic N) is 3. The molecule has 4 rings (SSSR count). The highest BCUT2D eigenvalue weighted by molar-refractivity contribution is 7.91. The van der Waals surface area contributed by atoms with Crippen molar-refractivity contribution >= 4 is 20.0 Å². The molecular formula is C21H21F2N3O6S2. The third-order valence-corrected chi connectivity index (χ3v) is 8.77. The number of aryl methyl sites for hydroxylation is 1. The van der Waals surface area contributed by atoms with Crippen molar-refractivity contribution < 1.29 is 34.9 Å². The lowest BCUT2D eigenvalue weighted by atomic mass is 9.94. The zero-order valence-electron chi connectivity index (χ0n) is 17.7. The van der Waals surface area contributed by atoms with Crippen molar-refractivity contribution in [1.29, 1.82) is 0 Å². The molecule has 2 heterocycles. The average molecular weight is 514 g/mol. The summed E-state index contributed by atoms with van der Waals surface area (Å²) in [5.74, 6) is -2.75. The van der Waals surface area contributed by atoms with E-state index in [1.54, 1.807) is 12.1 Å². The SMILES string of the molecule is O=S(=O)(O)c1ccc(CC[C@@H]2CO[C@@](c3ccc(F)cc3F)(S(=O)(=O)Cn3cncn3)C2)cc1. The van der Waals surface area contributed by atoms with Gasteiger partial charge in [0.25, 0.3) is 10.1 Å². The van der Waals surface area contributed by atoms with Gasteiger partial charge >= 0.3 is 0 Å². The van der Waals surface area contributed by atoms with Crippen molar-refractivity contribution in [2.45, 2.75) is 35.0 Å². The van der Waals surface area contributed by atoms with E-state index in [0.717, 1.165) is 22.4 Å². The first-order chi connectivity index (χ1) is 16.0. The van der Waals surface area contributed by atoms with Gasteiger partial charge < -0.3 is 4.74 Å². The second-order valence-electron chi connectivity index (χ2n) is 8.09. The molecule has 0 spiro atoms. The lowest BCUT2D eigenvalue weighted by Crippen LogP contribution is -2.38. The largest absolute Gasteiger partial charge is 0.354 e. The minimum atomic E-state index is -4.30. The number of aromatic nitrogens is 3. The van der Waals surface area contributed by atoms with Crippen LogP contribution >= 0.6 is 0 Å². The standard InChI is InChI=1S/C21H21F2N3O6S2/c22-17-5-8-19(20(23)9-17)21(33(27,28)14-26-13-24-12-25-26)10-16(11-32-21)2-1-15-3-6-18(7-4-15)34(29,30)31/h3-9,12-13,16H,1-2,10-11,14H2,(H,29,30,31)/t16-,21+/m0/s1. The highest BCUT2D eigenvalue weighted by atomic mass is 32.2. The molecule has 1 saturated heterocycles. The van der Waals surface area contributed by atoms with E-state index < -0.39 is 42.4 Å². The number of rotatable bonds is 8. The molecule has 1 aromatic heterocycles. The molecule has 0 amide bonds. The summed E-state index contributed by atoms with van der Waals surface area (Å²) in [6, 6.07) is 8.34. The van der Waals surface area contributed by atoms with E-state index in [4.69, 9.17) is 9.29 Å². The van der Waals surface area contributed by atoms with Gasteiger partial charge in [0.1, 0.15) is 30.2 Å². The van der Waals surface area contributed by atoms with E-state index in [1.807, 2.05) is 0 Å². The third kappa shape index (κ3) is 4.87. The van der Waals surface area contributed by atoms with Crippen molar-refractivity contribution in [2.24, 2.45) is 5.92 Å². The molecule has 2 aromatic carbocycles. The van der Waals surface area contributed by atoms with Crippen LogP contribution in [0.5, 0.6) is 0 Å². The number of hydrogen-bond donors (Lipinski definition) is 1. The Kier molecular flexibility index (Phi) is 6.55. The zero-order chi connectivity index (χ0) is 24.6. The Hall–Kier alpha value is -2.74. The van der Waals surface area contributed by atoms with Crippen molar-refractivity contribution in [3.8, 4) is 0 Å². The quantitative estimate of drug-likeness (QED) is 0.456. The van der Waals surface area contributed by atoms with Gasteiger partial charge in [0.2, 0.25) is 9.84 Å². The maximum absolute atomic E-state index is 14.8. The van der Waals surface area contributed by atoms with E-state index >= 15 is 0 Å². The number of hydrogen-bond acceptors (Lipinski definition) is 7. The Bertz CT molecular complexity index is 1380. The predicted octanol–water partition coefficient (Wildman–Crippen LogP) is 2.70. The summed E-state index contributed by atoms with van der Waals surface area (Å²) in [7, 11) is -8.49. The van der Waals surface area contributed by atoms with Crippen LogP contribution in [0.1, 0.15) is 24.0 Å². The predicted molar refractivity (Wildman–Crippen MR) is 116 cm³/mol. The van der Waals surface area contributed by atoms with Gasteiger partial charge in [-0.05, 0) is 48.6 Å². The minimum absolute atomic E-state index is 0.0243. The van der Waals surface area contributed by atoms with Crippen molar-refractivity contribution in [1.82, 2.24) is 14.8 Å². The molecule has 182 valence electrons. The smallest absolute Gasteiger partial charge is 0.294 e. The number of benzene rings is 2. The molecule has 0 aliphatic carbocycles. The van der Waals surface area contributed by atoms with Crippen LogP contribution in [0.4, 0.5) is 8.78 Å². The van der Waals surface area contributed by atoms with Crippen LogP contribution in [0.3, 0.4) is 0 Å². The van der Waals surface area contributed by atoms with Gasteiger partial charge in [0, 0.05) is 18.1 Å². The lowest BCUT2D eigenvalue weighted by Gasteiger charge is -2.29. The molecule has 1 N–H and O–H groups in total. The Morgan fingerprint density at radius 1 is 1.12 bits per heavy atom. The van der Waals surface area contributed by atoms with Crippen LogP contribution in [0, 0.1) is 17.6 Å². The minimum Gasteiger partial charge on any atom is -0.354 e. The van der Waals surface area contributed by atoms with Gasteiger partial charge in [-0.1, -0.05) is 12.1 Å². The van der Waals surface area contributed by atoms with E-state index in [0.29, 0.717) is 18.9 Å². The van der Waals surface area contributed by atoms with E-state index in [-0.39, 0.29) is 29.4 Å². The zero-order valence-corrected chi connectivity index (χ0v) is 19.3. The highest BCUT2D eigenvalue weighted by Crippen LogP contribution is 2.46. The average Bonchev–Trinajstić information content (AvgIpc) is 3.42. The molecule has 2 atom stereocenters. The molecule has 0 unspecified atom stereocenters. The van der Waals surface area contributed by atoms with Crippen LogP contribution in [-0.2, 0) is 41.9 Å². The topological polar surface area (TPSA) is 128 Å². The summed E-state index contributed by atoms with van der Waals surface area (Å²) in [6.45, 7) is 0.0243. The van der Waals surface area contributed by atoms with E-state index in [2.05, 4.69) is 10.1 Å². The maximum Gasteiger partial charge on any atom is 0.294 e. The molecule has 34 heavy (non-hydrogen) atoms. The highest BCUT2D eigenvalue weighted by Gasteiger charge is 2.53. The van der Waals surface area contributed by atoms with Gasteiger partial charge in [-0.25, -0.2) is 26.9 Å². The third-order valence-electron chi connectivity index (χ3n) is 5.78. The summed E-state index contributed by atoms with van der Waals surface area (Å²) in [4.78, 5) is 1.46. The molecule has 9 nitrogen and oxygen atoms in total. The first-order valence-electron chi connectivity index (χ1n) is 10.2. The normalized spacial score (nSPS) is 21.1. The van der Waals surface area contributed by atoms with Crippen LogP contribution in [0.15, 0.2) is 60.0 Å². The Morgan fingerprint density at radius 3 is 2.47 bits per heavy atom. The molecule has 1 aliphatic heterocycles. The van der Waals surface area contributed by atoms with Crippen LogP contribution < -0.4 is 0 Å². The van der Waals surface area contributed by atoms with E-state index in [1.165, 1.54) is 24.8 Å². The van der Waals surface area contributed by atoms with E-state index in [9.17, 15) is 25.6 Å². The number of ether oxygens (including phenoxy) is 1. The molecule has 3 aromatic rings. The monoisotopic (exact) mass is 513 g/mol. The summed E-state index contributed by atoms with van der Waals surface area (Å²) >= 11 is 0. The van der Waals surface area contributed by atoms with Crippen LogP contribution in [-0.4, -0.2) is 42.8 Å². The fourth-order valence-corrected chi connectivity index (χ4v) is 6.49. The first kappa shape index (κ1) is 24.4. The Labute approximate surface area is 195 Å². The van der Waals surface area contributed by atoms with Gasteiger partial charge in [-0.2, -0.15) is 13.5 Å². The number of sulfone groups is 1. The Morgan fingerprint density at radius 2 is 1.85 bits per heavy atom. The molecule has 0 radical (unpaired) electrons. The van der Waals surface area contributed by atoms with Crippen LogP contribution in [0.25, 0.3) is 0 Å². The fourth-order valence-electron chi connectivity index (χ4n) is 4.08.